The second-order valence-corrected chi connectivity index (χ2v) is 5.20. The predicted octanol–water partition coefficient (Wildman–Crippen LogP) is 3.38. The van der Waals surface area contributed by atoms with Crippen molar-refractivity contribution in [1.29, 1.82) is 0 Å². The summed E-state index contributed by atoms with van der Waals surface area (Å²) in [6, 6.07) is 14.2. The number of anilines is 1. The summed E-state index contributed by atoms with van der Waals surface area (Å²) in [5.74, 6) is -0.722. The summed E-state index contributed by atoms with van der Waals surface area (Å²) in [7, 11) is 0. The SMILES string of the molecule is CCCCc1ccc(C(=O)Nc2cccc(C(N)=O)c2)cc1. The van der Waals surface area contributed by atoms with Crippen LogP contribution in [0, 0.1) is 0 Å². The summed E-state index contributed by atoms with van der Waals surface area (Å²) >= 11 is 0. The summed E-state index contributed by atoms with van der Waals surface area (Å²) in [5, 5.41) is 2.77. The number of primary amides is 1. The Balaban J connectivity index is 2.05. The third kappa shape index (κ3) is 4.19. The first-order valence-electron chi connectivity index (χ1n) is 7.40. The van der Waals surface area contributed by atoms with E-state index in [1.165, 1.54) is 5.56 Å². The standard InChI is InChI=1S/C18H20N2O2/c1-2-3-5-13-8-10-14(11-9-13)18(22)20-16-7-4-6-15(12-16)17(19)21/h4,6-12H,2-3,5H2,1H3,(H2,19,21)(H,20,22). The van der Waals surface area contributed by atoms with Gasteiger partial charge in [-0.05, 0) is 48.7 Å². The van der Waals surface area contributed by atoms with Crippen LogP contribution in [0.1, 0.15) is 46.0 Å². The minimum absolute atomic E-state index is 0.205. The summed E-state index contributed by atoms with van der Waals surface area (Å²) < 4.78 is 0. The van der Waals surface area contributed by atoms with Crippen molar-refractivity contribution < 1.29 is 9.59 Å². The Morgan fingerprint density at radius 3 is 2.41 bits per heavy atom. The maximum atomic E-state index is 12.2. The largest absolute Gasteiger partial charge is 0.366 e. The van der Waals surface area contributed by atoms with Crippen LogP contribution >= 0.6 is 0 Å². The monoisotopic (exact) mass is 296 g/mol. The van der Waals surface area contributed by atoms with E-state index < -0.39 is 5.91 Å². The molecule has 0 aliphatic carbocycles. The molecule has 2 aromatic rings. The van der Waals surface area contributed by atoms with Gasteiger partial charge in [0.1, 0.15) is 0 Å². The van der Waals surface area contributed by atoms with E-state index in [0.717, 1.165) is 19.3 Å². The number of nitrogens with two attached hydrogens (primary N) is 1. The highest BCUT2D eigenvalue weighted by Gasteiger charge is 2.07. The number of carbonyl (C=O) groups is 2. The van der Waals surface area contributed by atoms with Crippen molar-refractivity contribution in [1.82, 2.24) is 0 Å². The van der Waals surface area contributed by atoms with Gasteiger partial charge in [0.15, 0.2) is 0 Å². The molecule has 0 atom stereocenters. The first-order valence-corrected chi connectivity index (χ1v) is 7.40. The van der Waals surface area contributed by atoms with Gasteiger partial charge in [-0.3, -0.25) is 9.59 Å². The quantitative estimate of drug-likeness (QED) is 0.857. The van der Waals surface area contributed by atoms with Crippen LogP contribution in [-0.2, 0) is 6.42 Å². The van der Waals surface area contributed by atoms with E-state index in [9.17, 15) is 9.59 Å². The second kappa shape index (κ2) is 7.41. The number of hydrogen-bond donors (Lipinski definition) is 2. The molecule has 0 unspecified atom stereocenters. The fourth-order valence-electron chi connectivity index (χ4n) is 2.16. The molecule has 2 amide bonds. The van der Waals surface area contributed by atoms with Crippen molar-refractivity contribution in [2.45, 2.75) is 26.2 Å². The molecule has 22 heavy (non-hydrogen) atoms. The Kier molecular flexibility index (Phi) is 5.31. The highest BCUT2D eigenvalue weighted by Crippen LogP contribution is 2.13. The van der Waals surface area contributed by atoms with Gasteiger partial charge in [0, 0.05) is 16.8 Å². The molecule has 2 rings (SSSR count). The van der Waals surface area contributed by atoms with Crippen molar-refractivity contribution in [3.05, 3.63) is 65.2 Å². The average molecular weight is 296 g/mol. The van der Waals surface area contributed by atoms with Gasteiger partial charge in [0.05, 0.1) is 0 Å². The molecule has 0 fully saturated rings. The third-order valence-corrected chi connectivity index (χ3v) is 3.44. The van der Waals surface area contributed by atoms with E-state index in [0.29, 0.717) is 16.8 Å². The van der Waals surface area contributed by atoms with Gasteiger partial charge in [-0.1, -0.05) is 31.5 Å². The van der Waals surface area contributed by atoms with Crippen LogP contribution in [-0.4, -0.2) is 11.8 Å². The second-order valence-electron chi connectivity index (χ2n) is 5.20. The van der Waals surface area contributed by atoms with E-state index in [1.807, 2.05) is 24.3 Å². The van der Waals surface area contributed by atoms with Crippen molar-refractivity contribution in [2.75, 3.05) is 5.32 Å². The van der Waals surface area contributed by atoms with Crippen LogP contribution in [0.15, 0.2) is 48.5 Å². The molecule has 0 radical (unpaired) electrons. The maximum Gasteiger partial charge on any atom is 0.255 e. The highest BCUT2D eigenvalue weighted by atomic mass is 16.2. The average Bonchev–Trinajstić information content (AvgIpc) is 2.53. The number of rotatable bonds is 6. The Morgan fingerprint density at radius 1 is 1.05 bits per heavy atom. The highest BCUT2D eigenvalue weighted by molar-refractivity contribution is 6.05. The summed E-state index contributed by atoms with van der Waals surface area (Å²) in [6.45, 7) is 2.15. The lowest BCUT2D eigenvalue weighted by molar-refractivity contribution is 0.0996. The molecule has 4 nitrogen and oxygen atoms in total. The molecule has 0 bridgehead atoms. The first kappa shape index (κ1) is 15.8. The summed E-state index contributed by atoms with van der Waals surface area (Å²) in [4.78, 5) is 23.3. The van der Waals surface area contributed by atoms with Crippen LogP contribution in [0.25, 0.3) is 0 Å². The van der Waals surface area contributed by atoms with Gasteiger partial charge < -0.3 is 11.1 Å². The topological polar surface area (TPSA) is 72.2 Å². The molecule has 0 aromatic heterocycles. The molecular formula is C18H20N2O2. The van der Waals surface area contributed by atoms with Gasteiger partial charge in [-0.15, -0.1) is 0 Å². The smallest absolute Gasteiger partial charge is 0.255 e. The fraction of sp³-hybridized carbons (Fsp3) is 0.222. The van der Waals surface area contributed by atoms with E-state index in [2.05, 4.69) is 12.2 Å². The van der Waals surface area contributed by atoms with E-state index in [1.54, 1.807) is 24.3 Å². The lowest BCUT2D eigenvalue weighted by atomic mass is 10.1. The molecule has 0 aliphatic rings. The van der Waals surface area contributed by atoms with Crippen LogP contribution in [0.2, 0.25) is 0 Å². The number of nitrogens with one attached hydrogen (secondary N) is 1. The van der Waals surface area contributed by atoms with Crippen molar-refractivity contribution >= 4 is 17.5 Å². The summed E-state index contributed by atoms with van der Waals surface area (Å²) in [5.41, 5.74) is 7.97. The molecule has 0 saturated carbocycles. The molecule has 0 spiro atoms. The molecule has 2 aromatic carbocycles. The number of unbranched alkanes of at least 4 members (excludes halogenated alkanes) is 1. The molecule has 114 valence electrons. The lowest BCUT2D eigenvalue weighted by Crippen LogP contribution is -2.14. The third-order valence-electron chi connectivity index (χ3n) is 3.44. The molecule has 0 saturated heterocycles. The number of hydrogen-bond acceptors (Lipinski definition) is 2. The van der Waals surface area contributed by atoms with Gasteiger partial charge in [-0.25, -0.2) is 0 Å². The zero-order chi connectivity index (χ0) is 15.9. The van der Waals surface area contributed by atoms with Crippen LogP contribution in [0.3, 0.4) is 0 Å². The molecule has 3 N–H and O–H groups in total. The lowest BCUT2D eigenvalue weighted by Gasteiger charge is -2.07. The Morgan fingerprint density at radius 2 is 1.77 bits per heavy atom. The Labute approximate surface area is 130 Å². The van der Waals surface area contributed by atoms with Crippen LogP contribution in [0.5, 0.6) is 0 Å². The minimum Gasteiger partial charge on any atom is -0.366 e. The van der Waals surface area contributed by atoms with Crippen molar-refractivity contribution in [3.8, 4) is 0 Å². The Hall–Kier alpha value is -2.62. The zero-order valence-electron chi connectivity index (χ0n) is 12.6. The van der Waals surface area contributed by atoms with Crippen molar-refractivity contribution in [3.63, 3.8) is 0 Å². The van der Waals surface area contributed by atoms with Crippen molar-refractivity contribution in [2.24, 2.45) is 5.73 Å². The zero-order valence-corrected chi connectivity index (χ0v) is 12.6. The maximum absolute atomic E-state index is 12.2. The molecular weight excluding hydrogens is 276 g/mol. The van der Waals surface area contributed by atoms with Gasteiger partial charge in [-0.2, -0.15) is 0 Å². The molecule has 0 aliphatic heterocycles. The summed E-state index contributed by atoms with van der Waals surface area (Å²) in [6.07, 6.45) is 3.32. The number of amides is 2. The predicted molar refractivity (Wildman–Crippen MR) is 88.0 cm³/mol. The number of aryl methyl sites for hydroxylation is 1. The minimum atomic E-state index is -0.517. The van der Waals surface area contributed by atoms with E-state index in [4.69, 9.17) is 5.73 Å². The number of carbonyl (C=O) groups excluding carboxylic acids is 2. The van der Waals surface area contributed by atoms with Gasteiger partial charge >= 0.3 is 0 Å². The van der Waals surface area contributed by atoms with Gasteiger partial charge in [0.2, 0.25) is 5.91 Å². The van der Waals surface area contributed by atoms with E-state index >= 15 is 0 Å². The molecule has 4 heteroatoms. The normalized spacial score (nSPS) is 10.2. The van der Waals surface area contributed by atoms with Crippen LogP contribution < -0.4 is 11.1 Å². The van der Waals surface area contributed by atoms with Crippen LogP contribution in [0.4, 0.5) is 5.69 Å². The fourth-order valence-corrected chi connectivity index (χ4v) is 2.16. The number of benzene rings is 2. The molecule has 0 heterocycles. The van der Waals surface area contributed by atoms with E-state index in [-0.39, 0.29) is 5.91 Å². The van der Waals surface area contributed by atoms with Gasteiger partial charge in [0.25, 0.3) is 5.91 Å². The Bertz CT molecular complexity index is 663. The first-order chi connectivity index (χ1) is 10.6.